The molecule has 0 aliphatic rings. The maximum atomic E-state index is 13.5. The second kappa shape index (κ2) is 11.6. The maximum Gasteiger partial charge on any atom is 0.244 e. The highest BCUT2D eigenvalue weighted by molar-refractivity contribution is 14.1. The third-order valence-corrected chi connectivity index (χ3v) is 6.99. The van der Waals surface area contributed by atoms with Crippen LogP contribution in [-0.2, 0) is 26.2 Å². The SMILES string of the molecule is CCNC(=O)[C@@H](CC)N(Cc1ccccc1C)C(=O)CN(c1ccc(I)cc1)S(C)(=O)=O. The van der Waals surface area contributed by atoms with Crippen LogP contribution in [0.3, 0.4) is 0 Å². The second-order valence-electron chi connectivity index (χ2n) is 7.51. The summed E-state index contributed by atoms with van der Waals surface area (Å²) in [6.45, 7) is 5.87. The van der Waals surface area contributed by atoms with E-state index in [1.165, 1.54) is 4.90 Å². The van der Waals surface area contributed by atoms with Crippen LogP contribution in [0.4, 0.5) is 5.69 Å². The normalized spacial score (nSPS) is 12.2. The van der Waals surface area contributed by atoms with Gasteiger partial charge in [0.25, 0.3) is 0 Å². The van der Waals surface area contributed by atoms with Crippen LogP contribution in [0.25, 0.3) is 0 Å². The largest absolute Gasteiger partial charge is 0.355 e. The molecular weight excluding hydrogens is 541 g/mol. The van der Waals surface area contributed by atoms with E-state index in [4.69, 9.17) is 0 Å². The van der Waals surface area contributed by atoms with Gasteiger partial charge in [-0.2, -0.15) is 0 Å². The number of nitrogens with one attached hydrogen (secondary N) is 1. The van der Waals surface area contributed by atoms with Crippen LogP contribution < -0.4 is 9.62 Å². The fourth-order valence-corrected chi connectivity index (χ4v) is 4.61. The molecule has 2 rings (SSSR count). The number of anilines is 1. The predicted octanol–water partition coefficient (Wildman–Crippen LogP) is 3.31. The highest BCUT2D eigenvalue weighted by Gasteiger charge is 2.31. The lowest BCUT2D eigenvalue weighted by molar-refractivity contribution is -0.140. The number of hydrogen-bond acceptors (Lipinski definition) is 4. The molecule has 0 radical (unpaired) electrons. The summed E-state index contributed by atoms with van der Waals surface area (Å²) in [7, 11) is -3.72. The van der Waals surface area contributed by atoms with Crippen molar-refractivity contribution in [1.29, 1.82) is 0 Å². The lowest BCUT2D eigenvalue weighted by Gasteiger charge is -2.33. The van der Waals surface area contributed by atoms with E-state index in [-0.39, 0.29) is 19.0 Å². The Hall–Kier alpha value is -2.14. The van der Waals surface area contributed by atoms with Gasteiger partial charge in [-0.3, -0.25) is 13.9 Å². The number of aryl methyl sites for hydroxylation is 1. The fraction of sp³-hybridized carbons (Fsp3) is 0.391. The molecule has 2 amide bonds. The number of halogens is 1. The Morgan fingerprint density at radius 2 is 1.69 bits per heavy atom. The van der Waals surface area contributed by atoms with E-state index in [1.54, 1.807) is 24.3 Å². The van der Waals surface area contributed by atoms with Crippen LogP contribution in [-0.4, -0.2) is 50.5 Å². The first-order valence-electron chi connectivity index (χ1n) is 10.4. The summed E-state index contributed by atoms with van der Waals surface area (Å²) in [6.07, 6.45) is 1.48. The Kier molecular flexibility index (Phi) is 9.50. The fourth-order valence-electron chi connectivity index (χ4n) is 3.40. The number of likely N-dealkylation sites (N-methyl/N-ethyl adjacent to an activating group) is 1. The number of hydrogen-bond donors (Lipinski definition) is 1. The Morgan fingerprint density at radius 3 is 2.22 bits per heavy atom. The molecule has 0 saturated carbocycles. The number of amides is 2. The zero-order valence-electron chi connectivity index (χ0n) is 18.8. The van der Waals surface area contributed by atoms with E-state index in [1.807, 2.05) is 45.0 Å². The van der Waals surface area contributed by atoms with E-state index >= 15 is 0 Å². The molecule has 0 saturated heterocycles. The van der Waals surface area contributed by atoms with E-state index in [0.717, 1.165) is 25.3 Å². The number of rotatable bonds is 10. The van der Waals surface area contributed by atoms with Gasteiger partial charge in [0.05, 0.1) is 11.9 Å². The highest BCUT2D eigenvalue weighted by atomic mass is 127. The van der Waals surface area contributed by atoms with Crippen LogP contribution in [0.5, 0.6) is 0 Å². The second-order valence-corrected chi connectivity index (χ2v) is 10.7. The van der Waals surface area contributed by atoms with Crippen molar-refractivity contribution in [3.63, 3.8) is 0 Å². The average molecular weight is 571 g/mol. The van der Waals surface area contributed by atoms with Gasteiger partial charge in [-0.25, -0.2) is 8.42 Å². The minimum atomic E-state index is -3.72. The summed E-state index contributed by atoms with van der Waals surface area (Å²) in [6, 6.07) is 13.8. The molecule has 0 aliphatic carbocycles. The third-order valence-electron chi connectivity index (χ3n) is 5.13. The molecule has 0 unspecified atom stereocenters. The van der Waals surface area contributed by atoms with E-state index in [2.05, 4.69) is 27.9 Å². The monoisotopic (exact) mass is 571 g/mol. The minimum absolute atomic E-state index is 0.214. The molecule has 0 aromatic heterocycles. The first kappa shape index (κ1) is 26.1. The van der Waals surface area contributed by atoms with Crippen molar-refractivity contribution in [2.45, 2.75) is 39.8 Å². The quantitative estimate of drug-likeness (QED) is 0.444. The molecule has 7 nitrogen and oxygen atoms in total. The number of benzene rings is 2. The predicted molar refractivity (Wildman–Crippen MR) is 136 cm³/mol. The summed E-state index contributed by atoms with van der Waals surface area (Å²) < 4.78 is 27.1. The molecule has 0 fully saturated rings. The summed E-state index contributed by atoms with van der Waals surface area (Å²) in [5.74, 6) is -0.688. The molecule has 1 N–H and O–H groups in total. The van der Waals surface area contributed by atoms with Crippen molar-refractivity contribution in [3.05, 3.63) is 63.2 Å². The molecule has 0 aliphatic heterocycles. The molecule has 0 bridgehead atoms. The Balaban J connectivity index is 2.43. The van der Waals surface area contributed by atoms with Crippen LogP contribution in [0.1, 0.15) is 31.4 Å². The molecule has 174 valence electrons. The van der Waals surface area contributed by atoms with E-state index < -0.39 is 22.0 Å². The van der Waals surface area contributed by atoms with Crippen molar-refractivity contribution in [2.24, 2.45) is 0 Å². The van der Waals surface area contributed by atoms with Crippen molar-refractivity contribution < 1.29 is 18.0 Å². The lowest BCUT2D eigenvalue weighted by Crippen LogP contribution is -2.52. The maximum absolute atomic E-state index is 13.5. The Bertz CT molecular complexity index is 1040. The molecule has 2 aromatic carbocycles. The van der Waals surface area contributed by atoms with Gasteiger partial charge in [0.1, 0.15) is 12.6 Å². The van der Waals surface area contributed by atoms with Gasteiger partial charge >= 0.3 is 0 Å². The van der Waals surface area contributed by atoms with Gasteiger partial charge in [0, 0.05) is 16.7 Å². The summed E-state index contributed by atoms with van der Waals surface area (Å²) in [5.41, 5.74) is 2.31. The number of carbonyl (C=O) groups is 2. The molecule has 0 heterocycles. The summed E-state index contributed by atoms with van der Waals surface area (Å²) in [4.78, 5) is 27.7. The van der Waals surface area contributed by atoms with Crippen LogP contribution in [0.2, 0.25) is 0 Å². The molecule has 1 atom stereocenters. The Morgan fingerprint density at radius 1 is 1.06 bits per heavy atom. The van der Waals surface area contributed by atoms with Crippen LogP contribution in [0.15, 0.2) is 48.5 Å². The molecule has 0 spiro atoms. The van der Waals surface area contributed by atoms with E-state index in [0.29, 0.717) is 18.7 Å². The molecule has 32 heavy (non-hydrogen) atoms. The van der Waals surface area contributed by atoms with Gasteiger partial charge in [-0.05, 0) is 78.3 Å². The zero-order chi connectivity index (χ0) is 23.9. The number of nitrogens with zero attached hydrogens (tertiary/aromatic N) is 2. The standard InChI is InChI=1S/C23H30IN3O4S/c1-5-21(23(29)25-6-2)26(15-18-10-8-7-9-17(18)3)22(28)16-27(32(4,30)31)20-13-11-19(24)12-14-20/h7-14,21H,5-6,15-16H2,1-4H3,(H,25,29)/t21-/m1/s1. The minimum Gasteiger partial charge on any atom is -0.355 e. The highest BCUT2D eigenvalue weighted by Crippen LogP contribution is 2.21. The van der Waals surface area contributed by atoms with Gasteiger partial charge in [-0.1, -0.05) is 31.2 Å². The van der Waals surface area contributed by atoms with Crippen molar-refractivity contribution in [2.75, 3.05) is 23.7 Å². The van der Waals surface area contributed by atoms with Gasteiger partial charge in [-0.15, -0.1) is 0 Å². The lowest BCUT2D eigenvalue weighted by atomic mass is 10.1. The topological polar surface area (TPSA) is 86.8 Å². The van der Waals surface area contributed by atoms with Crippen molar-refractivity contribution in [1.82, 2.24) is 10.2 Å². The summed E-state index contributed by atoms with van der Waals surface area (Å²) in [5, 5.41) is 2.79. The van der Waals surface area contributed by atoms with Gasteiger partial charge < -0.3 is 10.2 Å². The van der Waals surface area contributed by atoms with Crippen LogP contribution in [0, 0.1) is 10.5 Å². The zero-order valence-corrected chi connectivity index (χ0v) is 21.8. The van der Waals surface area contributed by atoms with Crippen molar-refractivity contribution >= 4 is 50.1 Å². The average Bonchev–Trinajstić information content (AvgIpc) is 2.73. The number of sulfonamides is 1. The van der Waals surface area contributed by atoms with E-state index in [9.17, 15) is 18.0 Å². The van der Waals surface area contributed by atoms with Crippen LogP contribution >= 0.6 is 22.6 Å². The van der Waals surface area contributed by atoms with Gasteiger partial charge in [0.15, 0.2) is 0 Å². The van der Waals surface area contributed by atoms with Gasteiger partial charge in [0.2, 0.25) is 21.8 Å². The molecule has 2 aromatic rings. The Labute approximate surface area is 204 Å². The summed E-state index contributed by atoms with van der Waals surface area (Å²) >= 11 is 2.13. The first-order chi connectivity index (χ1) is 15.1. The molecule has 9 heteroatoms. The smallest absolute Gasteiger partial charge is 0.244 e. The third kappa shape index (κ3) is 6.93. The van der Waals surface area contributed by atoms with Crippen molar-refractivity contribution in [3.8, 4) is 0 Å². The molecular formula is C23H30IN3O4S. The first-order valence-corrected chi connectivity index (χ1v) is 13.4. The number of carbonyl (C=O) groups excluding carboxylic acids is 2.